The molecule has 0 saturated carbocycles. The molecular formula is C18H14N4O5. The van der Waals surface area contributed by atoms with E-state index >= 15 is 0 Å². The molecule has 0 bridgehead atoms. The molecule has 4 aromatic rings. The summed E-state index contributed by atoms with van der Waals surface area (Å²) >= 11 is 0. The van der Waals surface area contributed by atoms with Crippen molar-refractivity contribution in [2.24, 2.45) is 0 Å². The minimum Gasteiger partial charge on any atom is -0.507 e. The third-order valence-electron chi connectivity index (χ3n) is 4.05. The first-order valence-corrected chi connectivity index (χ1v) is 7.97. The van der Waals surface area contributed by atoms with E-state index in [0.29, 0.717) is 22.4 Å². The Bertz CT molecular complexity index is 1180. The molecule has 0 aliphatic heterocycles. The van der Waals surface area contributed by atoms with Gasteiger partial charge in [-0.3, -0.25) is 4.79 Å². The standard InChI is InChI=1S/C18H14N4O5/c1-26-18(25)14-13(23)4-3-10-7-11(27-15(10)14)8-20-17(24)12-9-21-22-6-2-5-19-16(12)22/h2-7,9,23H,8H2,1H3,(H,20,24). The third-order valence-corrected chi connectivity index (χ3v) is 4.05. The topological polar surface area (TPSA) is 119 Å². The summed E-state index contributed by atoms with van der Waals surface area (Å²) in [5.74, 6) is -0.893. The number of hydrogen-bond acceptors (Lipinski definition) is 7. The van der Waals surface area contributed by atoms with Gasteiger partial charge in [-0.15, -0.1) is 0 Å². The molecule has 0 atom stereocenters. The Labute approximate surface area is 152 Å². The number of nitrogens with one attached hydrogen (secondary N) is 1. The van der Waals surface area contributed by atoms with Crippen LogP contribution in [0, 0.1) is 0 Å². The second kappa shape index (κ2) is 6.45. The summed E-state index contributed by atoms with van der Waals surface area (Å²) in [6.45, 7) is 0.0824. The van der Waals surface area contributed by atoms with Crippen LogP contribution >= 0.6 is 0 Å². The van der Waals surface area contributed by atoms with Crippen LogP contribution in [0.2, 0.25) is 0 Å². The molecule has 0 aliphatic rings. The fourth-order valence-electron chi connectivity index (χ4n) is 2.78. The van der Waals surface area contributed by atoms with Crippen LogP contribution in [0.15, 0.2) is 47.3 Å². The highest BCUT2D eigenvalue weighted by Gasteiger charge is 2.20. The Morgan fingerprint density at radius 2 is 2.22 bits per heavy atom. The lowest BCUT2D eigenvalue weighted by Crippen LogP contribution is -2.22. The number of phenols is 1. The molecule has 0 unspecified atom stereocenters. The first-order chi connectivity index (χ1) is 13.1. The van der Waals surface area contributed by atoms with Crippen LogP contribution in [0.25, 0.3) is 16.6 Å². The van der Waals surface area contributed by atoms with Gasteiger partial charge in [0.15, 0.2) is 11.2 Å². The molecule has 9 nitrogen and oxygen atoms in total. The first-order valence-electron chi connectivity index (χ1n) is 7.97. The second-order valence-corrected chi connectivity index (χ2v) is 5.71. The fourth-order valence-corrected chi connectivity index (χ4v) is 2.78. The number of rotatable bonds is 4. The average molecular weight is 366 g/mol. The average Bonchev–Trinajstić information content (AvgIpc) is 3.29. The monoisotopic (exact) mass is 366 g/mol. The van der Waals surface area contributed by atoms with Gasteiger partial charge in [0.2, 0.25) is 0 Å². The van der Waals surface area contributed by atoms with Crippen LogP contribution in [-0.4, -0.2) is 38.7 Å². The number of carbonyl (C=O) groups is 2. The predicted octanol–water partition coefficient (Wildman–Crippen LogP) is 1.90. The predicted molar refractivity (Wildman–Crippen MR) is 93.4 cm³/mol. The molecule has 4 rings (SSSR count). The number of methoxy groups -OCH3 is 1. The number of nitrogens with zero attached hydrogens (tertiary/aromatic N) is 3. The number of aromatic nitrogens is 3. The highest BCUT2D eigenvalue weighted by molar-refractivity contribution is 6.04. The summed E-state index contributed by atoms with van der Waals surface area (Å²) in [7, 11) is 1.22. The lowest BCUT2D eigenvalue weighted by molar-refractivity contribution is 0.0598. The summed E-state index contributed by atoms with van der Waals surface area (Å²) in [6, 6.07) is 6.39. The summed E-state index contributed by atoms with van der Waals surface area (Å²) in [5, 5.41) is 17.3. The van der Waals surface area contributed by atoms with Gasteiger partial charge < -0.3 is 19.6 Å². The Morgan fingerprint density at radius 1 is 1.37 bits per heavy atom. The molecule has 0 spiro atoms. The molecule has 1 amide bonds. The van der Waals surface area contributed by atoms with E-state index in [1.165, 1.54) is 23.9 Å². The van der Waals surface area contributed by atoms with Crippen molar-refractivity contribution in [1.82, 2.24) is 19.9 Å². The van der Waals surface area contributed by atoms with E-state index in [2.05, 4.69) is 20.1 Å². The van der Waals surface area contributed by atoms with Gasteiger partial charge >= 0.3 is 5.97 Å². The molecular weight excluding hydrogens is 352 g/mol. The van der Waals surface area contributed by atoms with Gasteiger partial charge in [-0.1, -0.05) is 0 Å². The molecule has 0 aliphatic carbocycles. The third kappa shape index (κ3) is 2.84. The van der Waals surface area contributed by atoms with E-state index in [9.17, 15) is 14.7 Å². The van der Waals surface area contributed by atoms with Crippen molar-refractivity contribution in [3.8, 4) is 5.75 Å². The Morgan fingerprint density at radius 3 is 3.04 bits per heavy atom. The van der Waals surface area contributed by atoms with Gasteiger partial charge in [-0.2, -0.15) is 5.10 Å². The van der Waals surface area contributed by atoms with Crippen molar-refractivity contribution in [1.29, 1.82) is 0 Å². The SMILES string of the molecule is COC(=O)c1c(O)ccc2cc(CNC(=O)c3cnn4cccnc34)oc12. The van der Waals surface area contributed by atoms with Crippen molar-refractivity contribution in [2.45, 2.75) is 6.54 Å². The Hall–Kier alpha value is -3.88. The molecule has 1 aromatic carbocycles. The van der Waals surface area contributed by atoms with Gasteiger partial charge in [-0.25, -0.2) is 14.3 Å². The maximum atomic E-state index is 12.4. The van der Waals surface area contributed by atoms with Gasteiger partial charge in [0, 0.05) is 17.8 Å². The van der Waals surface area contributed by atoms with Crippen LogP contribution in [0.5, 0.6) is 5.75 Å². The Kier molecular flexibility index (Phi) is 3.96. The molecule has 9 heteroatoms. The molecule has 3 aromatic heterocycles. The number of hydrogen-bond donors (Lipinski definition) is 2. The van der Waals surface area contributed by atoms with Crippen LogP contribution in [0.4, 0.5) is 0 Å². The maximum Gasteiger partial charge on any atom is 0.345 e. The lowest BCUT2D eigenvalue weighted by atomic mass is 10.1. The molecule has 3 heterocycles. The second-order valence-electron chi connectivity index (χ2n) is 5.71. The first kappa shape index (κ1) is 16.6. The summed E-state index contributed by atoms with van der Waals surface area (Å²) in [4.78, 5) is 28.4. The minimum absolute atomic E-state index is 0.0561. The van der Waals surface area contributed by atoms with E-state index in [-0.39, 0.29) is 29.3 Å². The van der Waals surface area contributed by atoms with E-state index in [4.69, 9.17) is 4.42 Å². The molecule has 0 fully saturated rings. The number of ether oxygens (including phenoxy) is 1. The molecule has 0 radical (unpaired) electrons. The largest absolute Gasteiger partial charge is 0.507 e. The number of amides is 1. The number of carbonyl (C=O) groups excluding carboxylic acids is 2. The highest BCUT2D eigenvalue weighted by Crippen LogP contribution is 2.30. The summed E-state index contributed by atoms with van der Waals surface area (Å²) in [5.41, 5.74) is 0.917. The number of aromatic hydroxyl groups is 1. The van der Waals surface area contributed by atoms with Crippen molar-refractivity contribution >= 4 is 28.5 Å². The zero-order valence-corrected chi connectivity index (χ0v) is 14.2. The van der Waals surface area contributed by atoms with E-state index in [0.717, 1.165) is 0 Å². The molecule has 136 valence electrons. The molecule has 2 N–H and O–H groups in total. The number of furan rings is 1. The van der Waals surface area contributed by atoms with Gasteiger partial charge in [-0.05, 0) is 24.3 Å². The van der Waals surface area contributed by atoms with Gasteiger partial charge in [0.05, 0.1) is 19.9 Å². The zero-order chi connectivity index (χ0) is 19.0. The van der Waals surface area contributed by atoms with E-state index in [1.807, 2.05) is 0 Å². The summed E-state index contributed by atoms with van der Waals surface area (Å²) in [6.07, 6.45) is 4.71. The summed E-state index contributed by atoms with van der Waals surface area (Å²) < 4.78 is 11.8. The number of esters is 1. The van der Waals surface area contributed by atoms with Gasteiger partial charge in [0.25, 0.3) is 5.91 Å². The molecule has 27 heavy (non-hydrogen) atoms. The normalized spacial score (nSPS) is 11.0. The van der Waals surface area contributed by atoms with E-state index < -0.39 is 5.97 Å². The number of phenolic OH excluding ortho intramolecular Hbond substituents is 1. The van der Waals surface area contributed by atoms with Crippen LogP contribution < -0.4 is 5.32 Å². The fraction of sp³-hybridized carbons (Fsp3) is 0.111. The zero-order valence-electron chi connectivity index (χ0n) is 14.2. The van der Waals surface area contributed by atoms with Crippen molar-refractivity contribution < 1.29 is 23.8 Å². The number of benzene rings is 1. The van der Waals surface area contributed by atoms with Crippen molar-refractivity contribution in [3.63, 3.8) is 0 Å². The van der Waals surface area contributed by atoms with Crippen LogP contribution in [0.3, 0.4) is 0 Å². The smallest absolute Gasteiger partial charge is 0.345 e. The van der Waals surface area contributed by atoms with Crippen LogP contribution in [-0.2, 0) is 11.3 Å². The van der Waals surface area contributed by atoms with Crippen molar-refractivity contribution in [3.05, 3.63) is 59.7 Å². The Balaban J connectivity index is 1.59. The lowest BCUT2D eigenvalue weighted by Gasteiger charge is -2.03. The van der Waals surface area contributed by atoms with Crippen LogP contribution in [0.1, 0.15) is 26.5 Å². The highest BCUT2D eigenvalue weighted by atomic mass is 16.5. The van der Waals surface area contributed by atoms with Crippen molar-refractivity contribution in [2.75, 3.05) is 7.11 Å². The maximum absolute atomic E-state index is 12.4. The minimum atomic E-state index is -0.708. The van der Waals surface area contributed by atoms with E-state index in [1.54, 1.807) is 30.6 Å². The molecule has 0 saturated heterocycles. The quantitative estimate of drug-likeness (QED) is 0.529. The van der Waals surface area contributed by atoms with Gasteiger partial charge in [0.1, 0.15) is 22.6 Å². The number of fused-ring (bicyclic) bond motifs is 2.